The molecule has 0 aliphatic carbocycles. The van der Waals surface area contributed by atoms with E-state index in [0.29, 0.717) is 0 Å². The monoisotopic (exact) mass is 218 g/mol. The molecular weight excluding hydrogens is 209 g/mol. The number of carbonyl (C=O) groups excluding carboxylic acids is 1. The minimum absolute atomic E-state index is 1.09. The van der Waals surface area contributed by atoms with Gasteiger partial charge in [-0.3, -0.25) is 4.79 Å². The number of aliphatic hydroxyl groups excluding tert-OH is 4. The molecule has 0 aliphatic rings. The Hall–Kier alpha value is -0.700. The third-order valence-corrected chi connectivity index (χ3v) is 1.42. The summed E-state index contributed by atoms with van der Waals surface area (Å²) < 4.78 is 35.1. The van der Waals surface area contributed by atoms with Gasteiger partial charge in [-0.15, -0.1) is 0 Å². The Morgan fingerprint density at radius 2 is 1.64 bits per heavy atom. The summed E-state index contributed by atoms with van der Waals surface area (Å²) in [6, 6.07) is 0. The van der Waals surface area contributed by atoms with Gasteiger partial charge in [0, 0.05) is 0 Å². The van der Waals surface area contributed by atoms with Crippen molar-refractivity contribution in [1.82, 2.24) is 0 Å². The summed E-state index contributed by atoms with van der Waals surface area (Å²) >= 11 is 0. The molecule has 0 bridgehead atoms. The Balaban J connectivity index is 4.47. The average molecular weight is 218 g/mol. The lowest BCUT2D eigenvalue weighted by Gasteiger charge is -2.19. The number of hydrogen-bond donors (Lipinski definition) is 4. The standard InChI is InChI=1S/C6H9F3O5/c7-6(8,9)5(14)4(13)3(12)2(11)1-10/h2-3,5,10-12,14H,1H2/t2-,3-,5+/m1/s1. The fourth-order valence-electron chi connectivity index (χ4n) is 0.613. The number of Topliss-reactive ketones (excluding diaryl/α,β-unsaturated/α-hetero) is 1. The van der Waals surface area contributed by atoms with Gasteiger partial charge in [-0.2, -0.15) is 13.2 Å². The van der Waals surface area contributed by atoms with Crippen molar-refractivity contribution in [2.75, 3.05) is 6.61 Å². The fourth-order valence-corrected chi connectivity index (χ4v) is 0.613. The van der Waals surface area contributed by atoms with Crippen molar-refractivity contribution in [3.8, 4) is 0 Å². The molecule has 0 amide bonds. The summed E-state index contributed by atoms with van der Waals surface area (Å²) in [4.78, 5) is 10.6. The van der Waals surface area contributed by atoms with Crippen molar-refractivity contribution in [1.29, 1.82) is 0 Å². The van der Waals surface area contributed by atoms with Gasteiger partial charge in [0.1, 0.15) is 12.2 Å². The molecule has 0 saturated heterocycles. The van der Waals surface area contributed by atoms with E-state index >= 15 is 0 Å². The molecular formula is C6H9F3O5. The second kappa shape index (κ2) is 4.69. The van der Waals surface area contributed by atoms with E-state index in [0.717, 1.165) is 0 Å². The molecule has 0 saturated carbocycles. The second-order valence-electron chi connectivity index (χ2n) is 2.54. The lowest BCUT2D eigenvalue weighted by atomic mass is 10.1. The molecule has 0 spiro atoms. The highest BCUT2D eigenvalue weighted by Gasteiger charge is 2.46. The molecule has 0 radical (unpaired) electrons. The zero-order chi connectivity index (χ0) is 11.5. The van der Waals surface area contributed by atoms with E-state index in [2.05, 4.69) is 0 Å². The fraction of sp³-hybridized carbons (Fsp3) is 0.833. The molecule has 0 aromatic rings. The molecule has 0 rings (SSSR count). The third-order valence-electron chi connectivity index (χ3n) is 1.42. The van der Waals surface area contributed by atoms with Crippen LogP contribution in [0.5, 0.6) is 0 Å². The highest BCUT2D eigenvalue weighted by atomic mass is 19.4. The maximum absolute atomic E-state index is 11.7. The zero-order valence-electron chi connectivity index (χ0n) is 6.77. The van der Waals surface area contributed by atoms with Gasteiger partial charge in [0.15, 0.2) is 0 Å². The molecule has 4 N–H and O–H groups in total. The van der Waals surface area contributed by atoms with E-state index in [4.69, 9.17) is 20.4 Å². The van der Waals surface area contributed by atoms with Crippen LogP contribution in [0.4, 0.5) is 13.2 Å². The Morgan fingerprint density at radius 3 is 1.93 bits per heavy atom. The van der Waals surface area contributed by atoms with Crippen molar-refractivity contribution in [2.45, 2.75) is 24.5 Å². The van der Waals surface area contributed by atoms with Gasteiger partial charge >= 0.3 is 6.18 Å². The first-order valence-corrected chi connectivity index (χ1v) is 3.47. The molecule has 0 heterocycles. The van der Waals surface area contributed by atoms with Crippen LogP contribution in [0.3, 0.4) is 0 Å². The highest BCUT2D eigenvalue weighted by Crippen LogP contribution is 2.21. The van der Waals surface area contributed by atoms with Crippen LogP contribution in [-0.2, 0) is 4.79 Å². The first kappa shape index (κ1) is 13.3. The van der Waals surface area contributed by atoms with Gasteiger partial charge in [0.25, 0.3) is 0 Å². The molecule has 0 fully saturated rings. The van der Waals surface area contributed by atoms with Crippen molar-refractivity contribution in [2.24, 2.45) is 0 Å². The van der Waals surface area contributed by atoms with Crippen molar-refractivity contribution < 1.29 is 38.4 Å². The van der Waals surface area contributed by atoms with E-state index in [1.165, 1.54) is 0 Å². The molecule has 84 valence electrons. The number of alkyl halides is 3. The number of ketones is 1. The largest absolute Gasteiger partial charge is 0.421 e. The van der Waals surface area contributed by atoms with Crippen molar-refractivity contribution >= 4 is 5.78 Å². The second-order valence-corrected chi connectivity index (χ2v) is 2.54. The topological polar surface area (TPSA) is 98.0 Å². The normalized spacial score (nSPS) is 18.8. The molecule has 3 atom stereocenters. The number of aliphatic hydroxyl groups is 4. The van der Waals surface area contributed by atoms with Crippen LogP contribution in [-0.4, -0.2) is 57.3 Å². The molecule has 5 nitrogen and oxygen atoms in total. The first-order valence-electron chi connectivity index (χ1n) is 3.47. The van der Waals surface area contributed by atoms with Crippen LogP contribution in [0.15, 0.2) is 0 Å². The van der Waals surface area contributed by atoms with Crippen LogP contribution >= 0.6 is 0 Å². The lowest BCUT2D eigenvalue weighted by molar-refractivity contribution is -0.210. The predicted molar refractivity (Wildman–Crippen MR) is 36.2 cm³/mol. The van der Waals surface area contributed by atoms with Crippen molar-refractivity contribution in [3.63, 3.8) is 0 Å². The number of rotatable bonds is 4. The number of carbonyl (C=O) groups is 1. The lowest BCUT2D eigenvalue weighted by Crippen LogP contribution is -2.47. The van der Waals surface area contributed by atoms with Crippen LogP contribution in [0.25, 0.3) is 0 Å². The van der Waals surface area contributed by atoms with Crippen LogP contribution in [0.1, 0.15) is 0 Å². The Labute approximate surface area is 76.4 Å². The Bertz CT molecular complexity index is 204. The SMILES string of the molecule is O=C([C@H](O)[C@H](O)CO)[C@H](O)C(F)(F)F. The minimum Gasteiger partial charge on any atom is -0.394 e. The molecule has 0 aromatic carbocycles. The molecule has 0 unspecified atom stereocenters. The molecule has 14 heavy (non-hydrogen) atoms. The van der Waals surface area contributed by atoms with Crippen LogP contribution in [0, 0.1) is 0 Å². The Morgan fingerprint density at radius 1 is 1.21 bits per heavy atom. The first-order chi connectivity index (χ1) is 6.21. The van der Waals surface area contributed by atoms with E-state index in [-0.39, 0.29) is 0 Å². The third kappa shape index (κ3) is 3.22. The summed E-state index contributed by atoms with van der Waals surface area (Å²) in [6.45, 7) is -1.09. The summed E-state index contributed by atoms with van der Waals surface area (Å²) in [6.07, 6.45) is -13.1. The van der Waals surface area contributed by atoms with Crippen LogP contribution < -0.4 is 0 Å². The summed E-state index contributed by atoms with van der Waals surface area (Å²) in [7, 11) is 0. The van der Waals surface area contributed by atoms with E-state index in [1.807, 2.05) is 0 Å². The Kier molecular flexibility index (Phi) is 4.46. The minimum atomic E-state index is -5.20. The maximum Gasteiger partial charge on any atom is 0.421 e. The van der Waals surface area contributed by atoms with Gasteiger partial charge < -0.3 is 20.4 Å². The average Bonchev–Trinajstić information content (AvgIpc) is 2.11. The van der Waals surface area contributed by atoms with E-state index in [9.17, 15) is 18.0 Å². The van der Waals surface area contributed by atoms with Gasteiger partial charge in [-0.25, -0.2) is 0 Å². The van der Waals surface area contributed by atoms with Crippen LogP contribution in [0.2, 0.25) is 0 Å². The molecule has 0 aromatic heterocycles. The smallest absolute Gasteiger partial charge is 0.394 e. The van der Waals surface area contributed by atoms with E-state index < -0.39 is 36.9 Å². The predicted octanol–water partition coefficient (Wildman–Crippen LogP) is -1.81. The van der Waals surface area contributed by atoms with Gasteiger partial charge in [0.2, 0.25) is 11.9 Å². The number of halogens is 3. The van der Waals surface area contributed by atoms with Gasteiger partial charge in [0.05, 0.1) is 6.61 Å². The highest BCUT2D eigenvalue weighted by molar-refractivity contribution is 5.88. The summed E-state index contributed by atoms with van der Waals surface area (Å²) in [5.41, 5.74) is 0. The van der Waals surface area contributed by atoms with E-state index in [1.54, 1.807) is 0 Å². The van der Waals surface area contributed by atoms with Gasteiger partial charge in [-0.1, -0.05) is 0 Å². The molecule has 0 aliphatic heterocycles. The van der Waals surface area contributed by atoms with Crippen molar-refractivity contribution in [3.05, 3.63) is 0 Å². The summed E-state index contributed by atoms with van der Waals surface area (Å²) in [5.74, 6) is -2.00. The molecule has 8 heteroatoms. The summed E-state index contributed by atoms with van der Waals surface area (Å²) in [5, 5.41) is 33.9. The zero-order valence-corrected chi connectivity index (χ0v) is 6.77. The maximum atomic E-state index is 11.7. The van der Waals surface area contributed by atoms with Gasteiger partial charge in [-0.05, 0) is 0 Å². The number of hydrogen-bond acceptors (Lipinski definition) is 5. The quantitative estimate of drug-likeness (QED) is 0.446.